The van der Waals surface area contributed by atoms with Crippen LogP contribution in [0, 0.1) is 0 Å². The average Bonchev–Trinajstić information content (AvgIpc) is 3.33. The molecule has 2 aliphatic heterocycles. The topological polar surface area (TPSA) is 43.3 Å². The molecule has 2 aliphatic rings. The standard InChI is InChI=1S/C26H24N2O3/c1-29-24-12-7-18(15-25(24)30-2)17-31-21-10-8-19(9-11-21)23-16-20-5-3-4-6-22(20)26-27-13-14-28(23)26/h3-12,15-16H,13-14,17H2,1-2H3. The van der Waals surface area contributed by atoms with Crippen LogP contribution < -0.4 is 14.2 Å². The first kappa shape index (κ1) is 19.2. The van der Waals surface area contributed by atoms with E-state index in [0.717, 1.165) is 35.8 Å². The van der Waals surface area contributed by atoms with Crippen LogP contribution in [0.15, 0.2) is 71.7 Å². The number of benzene rings is 3. The first-order valence-electron chi connectivity index (χ1n) is 10.3. The maximum absolute atomic E-state index is 6.00. The van der Waals surface area contributed by atoms with Crippen molar-refractivity contribution in [3.8, 4) is 17.2 Å². The molecule has 5 nitrogen and oxygen atoms in total. The third-order valence-electron chi connectivity index (χ3n) is 5.63. The quantitative estimate of drug-likeness (QED) is 0.580. The number of amidine groups is 1. The molecule has 0 fully saturated rings. The number of nitrogens with zero attached hydrogens (tertiary/aromatic N) is 2. The van der Waals surface area contributed by atoms with Gasteiger partial charge in [0.2, 0.25) is 0 Å². The Hall–Kier alpha value is -3.73. The zero-order chi connectivity index (χ0) is 21.2. The first-order valence-corrected chi connectivity index (χ1v) is 10.3. The number of ether oxygens (including phenoxy) is 3. The maximum atomic E-state index is 6.00. The zero-order valence-electron chi connectivity index (χ0n) is 17.7. The van der Waals surface area contributed by atoms with E-state index in [9.17, 15) is 0 Å². The van der Waals surface area contributed by atoms with Crippen molar-refractivity contribution < 1.29 is 14.2 Å². The van der Waals surface area contributed by atoms with E-state index < -0.39 is 0 Å². The van der Waals surface area contributed by atoms with Crippen LogP contribution in [0.2, 0.25) is 0 Å². The van der Waals surface area contributed by atoms with Crippen LogP contribution in [-0.4, -0.2) is 38.0 Å². The van der Waals surface area contributed by atoms with Crippen molar-refractivity contribution >= 4 is 17.6 Å². The Morgan fingerprint density at radius 3 is 2.52 bits per heavy atom. The van der Waals surface area contributed by atoms with Crippen molar-refractivity contribution in [3.05, 3.63) is 89.0 Å². The molecule has 3 aromatic rings. The summed E-state index contributed by atoms with van der Waals surface area (Å²) in [6.07, 6.45) is 2.25. The molecule has 5 heteroatoms. The van der Waals surface area contributed by atoms with Crippen molar-refractivity contribution in [2.24, 2.45) is 4.99 Å². The molecule has 0 radical (unpaired) electrons. The number of fused-ring (bicyclic) bond motifs is 3. The summed E-state index contributed by atoms with van der Waals surface area (Å²) >= 11 is 0. The van der Waals surface area contributed by atoms with E-state index in [1.54, 1.807) is 14.2 Å². The largest absolute Gasteiger partial charge is 0.493 e. The Balaban J connectivity index is 1.34. The fourth-order valence-electron chi connectivity index (χ4n) is 4.06. The normalized spacial score (nSPS) is 14.3. The molecular formula is C26H24N2O3. The van der Waals surface area contributed by atoms with Gasteiger partial charge in [-0.15, -0.1) is 0 Å². The first-order chi connectivity index (χ1) is 15.3. The van der Waals surface area contributed by atoms with E-state index in [0.29, 0.717) is 18.1 Å². The van der Waals surface area contributed by atoms with E-state index in [4.69, 9.17) is 19.2 Å². The molecule has 3 aromatic carbocycles. The van der Waals surface area contributed by atoms with Gasteiger partial charge in [0.25, 0.3) is 0 Å². The molecule has 0 saturated heterocycles. The molecule has 0 N–H and O–H groups in total. The van der Waals surface area contributed by atoms with Gasteiger partial charge < -0.3 is 19.1 Å². The number of hydrogen-bond donors (Lipinski definition) is 0. The van der Waals surface area contributed by atoms with Crippen molar-refractivity contribution in [2.45, 2.75) is 6.61 Å². The molecule has 0 spiro atoms. The number of rotatable bonds is 6. The molecule has 0 aromatic heterocycles. The van der Waals surface area contributed by atoms with E-state index in [-0.39, 0.29) is 0 Å². The lowest BCUT2D eigenvalue weighted by Crippen LogP contribution is -2.30. The summed E-state index contributed by atoms with van der Waals surface area (Å²) in [6, 6.07) is 22.5. The summed E-state index contributed by atoms with van der Waals surface area (Å²) < 4.78 is 16.7. The molecule has 2 heterocycles. The minimum absolute atomic E-state index is 0.457. The van der Waals surface area contributed by atoms with E-state index in [1.165, 1.54) is 16.8 Å². The van der Waals surface area contributed by atoms with Crippen molar-refractivity contribution in [1.29, 1.82) is 0 Å². The van der Waals surface area contributed by atoms with Crippen LogP contribution in [-0.2, 0) is 6.61 Å². The van der Waals surface area contributed by atoms with Gasteiger partial charge in [0.1, 0.15) is 18.2 Å². The van der Waals surface area contributed by atoms with Crippen LogP contribution in [0.3, 0.4) is 0 Å². The fraction of sp³-hybridized carbons (Fsp3) is 0.192. The summed E-state index contributed by atoms with van der Waals surface area (Å²) in [7, 11) is 3.27. The second-order valence-corrected chi connectivity index (χ2v) is 7.48. The van der Waals surface area contributed by atoms with Gasteiger partial charge in [0, 0.05) is 12.1 Å². The van der Waals surface area contributed by atoms with Crippen LogP contribution >= 0.6 is 0 Å². The van der Waals surface area contributed by atoms with Gasteiger partial charge in [-0.1, -0.05) is 30.3 Å². The van der Waals surface area contributed by atoms with Crippen LogP contribution in [0.25, 0.3) is 11.8 Å². The second kappa shape index (κ2) is 8.19. The van der Waals surface area contributed by atoms with Gasteiger partial charge >= 0.3 is 0 Å². The molecule has 0 bridgehead atoms. The summed E-state index contributed by atoms with van der Waals surface area (Å²) in [5, 5.41) is 0. The van der Waals surface area contributed by atoms with Gasteiger partial charge in [0.05, 0.1) is 26.5 Å². The highest BCUT2D eigenvalue weighted by molar-refractivity contribution is 6.12. The Bertz CT molecular complexity index is 1170. The number of hydrogen-bond acceptors (Lipinski definition) is 5. The van der Waals surface area contributed by atoms with Crippen molar-refractivity contribution in [3.63, 3.8) is 0 Å². The summed E-state index contributed by atoms with van der Waals surface area (Å²) in [6.45, 7) is 2.19. The minimum atomic E-state index is 0.457. The highest BCUT2D eigenvalue weighted by Crippen LogP contribution is 2.34. The summed E-state index contributed by atoms with van der Waals surface area (Å²) in [5.41, 5.74) is 5.78. The number of aliphatic imine (C=N–C) groups is 1. The molecule has 0 saturated carbocycles. The van der Waals surface area contributed by atoms with Crippen molar-refractivity contribution in [2.75, 3.05) is 27.3 Å². The smallest absolute Gasteiger partial charge is 0.161 e. The molecule has 31 heavy (non-hydrogen) atoms. The van der Waals surface area contributed by atoms with Gasteiger partial charge in [0.15, 0.2) is 11.5 Å². The van der Waals surface area contributed by atoms with Crippen LogP contribution in [0.5, 0.6) is 17.2 Å². The molecular weight excluding hydrogens is 388 g/mol. The van der Waals surface area contributed by atoms with Crippen molar-refractivity contribution in [1.82, 2.24) is 4.90 Å². The highest BCUT2D eigenvalue weighted by atomic mass is 16.5. The Labute approximate surface area is 182 Å². The maximum Gasteiger partial charge on any atom is 0.161 e. The van der Waals surface area contributed by atoms with E-state index in [2.05, 4.69) is 47.4 Å². The van der Waals surface area contributed by atoms with Gasteiger partial charge in [-0.25, -0.2) is 0 Å². The molecule has 5 rings (SSSR count). The van der Waals surface area contributed by atoms with Gasteiger partial charge in [-0.05, 0) is 59.2 Å². The lowest BCUT2D eigenvalue weighted by Gasteiger charge is -2.29. The SMILES string of the molecule is COc1ccc(COc2ccc(C3=Cc4ccccc4C4=NCCN34)cc2)cc1OC. The van der Waals surface area contributed by atoms with E-state index >= 15 is 0 Å². The average molecular weight is 412 g/mol. The van der Waals surface area contributed by atoms with Crippen LogP contribution in [0.1, 0.15) is 22.3 Å². The predicted molar refractivity (Wildman–Crippen MR) is 123 cm³/mol. The van der Waals surface area contributed by atoms with Gasteiger partial charge in [-0.3, -0.25) is 4.99 Å². The highest BCUT2D eigenvalue weighted by Gasteiger charge is 2.28. The molecule has 156 valence electrons. The molecule has 0 amide bonds. The Morgan fingerprint density at radius 2 is 1.71 bits per heavy atom. The fourth-order valence-corrected chi connectivity index (χ4v) is 4.06. The predicted octanol–water partition coefficient (Wildman–Crippen LogP) is 4.86. The van der Waals surface area contributed by atoms with Crippen LogP contribution in [0.4, 0.5) is 0 Å². The van der Waals surface area contributed by atoms with Gasteiger partial charge in [-0.2, -0.15) is 0 Å². The third kappa shape index (κ3) is 3.63. The molecule has 0 atom stereocenters. The zero-order valence-corrected chi connectivity index (χ0v) is 17.7. The number of methoxy groups -OCH3 is 2. The molecule has 0 aliphatic carbocycles. The third-order valence-corrected chi connectivity index (χ3v) is 5.63. The Kier molecular flexibility index (Phi) is 5.08. The summed E-state index contributed by atoms with van der Waals surface area (Å²) in [5.74, 6) is 3.31. The molecule has 0 unspecified atom stereocenters. The second-order valence-electron chi connectivity index (χ2n) is 7.48. The monoisotopic (exact) mass is 412 g/mol. The van der Waals surface area contributed by atoms with E-state index in [1.807, 2.05) is 30.3 Å². The Morgan fingerprint density at radius 1 is 0.903 bits per heavy atom. The lowest BCUT2D eigenvalue weighted by molar-refractivity contribution is 0.304. The lowest BCUT2D eigenvalue weighted by atomic mass is 9.97. The summed E-state index contributed by atoms with van der Waals surface area (Å²) in [4.78, 5) is 7.05. The minimum Gasteiger partial charge on any atom is -0.493 e.